The Bertz CT molecular complexity index is 1420. The number of hydrogen-bond donors (Lipinski definition) is 1. The largest absolute Gasteiger partial charge is 0.489 e. The molecule has 0 spiro atoms. The second-order valence-corrected chi connectivity index (χ2v) is 7.33. The van der Waals surface area contributed by atoms with Crippen LogP contribution in [-0.4, -0.2) is 25.2 Å². The topological polar surface area (TPSA) is 102 Å². The number of rotatable bonds is 6. The molecule has 36 heavy (non-hydrogen) atoms. The van der Waals surface area contributed by atoms with Crippen molar-refractivity contribution in [1.82, 2.24) is 25.2 Å². The maximum absolute atomic E-state index is 13.7. The van der Waals surface area contributed by atoms with Crippen LogP contribution in [-0.2, 0) is 26.0 Å². The van der Waals surface area contributed by atoms with Gasteiger partial charge in [0.15, 0.2) is 11.4 Å². The minimum Gasteiger partial charge on any atom is -0.489 e. The Morgan fingerprint density at radius 3 is 2.33 bits per heavy atom. The van der Waals surface area contributed by atoms with E-state index in [0.29, 0.717) is 6.07 Å². The summed E-state index contributed by atoms with van der Waals surface area (Å²) in [5.74, 6) is -0.509. The van der Waals surface area contributed by atoms with E-state index in [2.05, 4.69) is 20.5 Å². The number of ether oxygens (including phenoxy) is 2. The van der Waals surface area contributed by atoms with E-state index in [-0.39, 0.29) is 28.6 Å². The highest BCUT2D eigenvalue weighted by atomic mass is 19.4. The number of nitriles is 1. The van der Waals surface area contributed by atoms with Crippen molar-refractivity contribution < 1.29 is 35.8 Å². The zero-order chi connectivity index (χ0) is 26.1. The lowest BCUT2D eigenvalue weighted by Crippen LogP contribution is -2.11. The number of aryl methyl sites for hydroxylation is 1. The van der Waals surface area contributed by atoms with Gasteiger partial charge in [0.2, 0.25) is 5.88 Å². The number of aromatic amines is 1. The van der Waals surface area contributed by atoms with Crippen LogP contribution in [0.25, 0.3) is 11.3 Å². The van der Waals surface area contributed by atoms with Gasteiger partial charge in [-0.3, -0.25) is 0 Å². The molecule has 0 fully saturated rings. The normalized spacial score (nSPS) is 11.8. The highest BCUT2D eigenvalue weighted by molar-refractivity contribution is 5.67. The van der Waals surface area contributed by atoms with Crippen molar-refractivity contribution in [3.8, 4) is 34.7 Å². The lowest BCUT2D eigenvalue weighted by atomic mass is 10.1. The van der Waals surface area contributed by atoms with Crippen LogP contribution in [0, 0.1) is 11.3 Å². The van der Waals surface area contributed by atoms with Gasteiger partial charge in [-0.1, -0.05) is 18.2 Å². The third-order valence-electron chi connectivity index (χ3n) is 4.86. The molecule has 4 aromatic rings. The molecular formula is C22H14F6N6O2. The number of para-hydroxylation sites is 1. The molecule has 2 aromatic heterocycles. The number of nitrogens with one attached hydrogen (secondary N) is 1. The molecule has 0 aliphatic rings. The summed E-state index contributed by atoms with van der Waals surface area (Å²) in [5.41, 5.74) is -3.62. The molecule has 8 nitrogen and oxygen atoms in total. The first-order valence-corrected chi connectivity index (χ1v) is 9.99. The Hall–Kier alpha value is -4.54. The zero-order valence-electron chi connectivity index (χ0n) is 18.1. The summed E-state index contributed by atoms with van der Waals surface area (Å²) in [7, 11) is 1.23. The third-order valence-corrected chi connectivity index (χ3v) is 4.86. The SMILES string of the molecule is Cn1nc(C(F)(F)F)c(COc2cc(-c3n[nH]nc3C#N)cc(C(F)(F)F)c2)c1Oc1ccccc1. The van der Waals surface area contributed by atoms with E-state index in [4.69, 9.17) is 14.7 Å². The zero-order valence-corrected chi connectivity index (χ0v) is 18.1. The van der Waals surface area contributed by atoms with E-state index in [1.165, 1.54) is 19.2 Å². The number of nitrogens with zero attached hydrogens (tertiary/aromatic N) is 5. The van der Waals surface area contributed by atoms with Crippen LogP contribution in [0.5, 0.6) is 17.4 Å². The van der Waals surface area contributed by atoms with Gasteiger partial charge < -0.3 is 9.47 Å². The molecule has 186 valence electrons. The number of H-pyrrole nitrogens is 1. The van der Waals surface area contributed by atoms with Crippen LogP contribution in [0.4, 0.5) is 26.3 Å². The highest BCUT2D eigenvalue weighted by Gasteiger charge is 2.40. The van der Waals surface area contributed by atoms with Crippen LogP contribution >= 0.6 is 0 Å². The van der Waals surface area contributed by atoms with Crippen LogP contribution < -0.4 is 9.47 Å². The Morgan fingerprint density at radius 2 is 1.69 bits per heavy atom. The highest BCUT2D eigenvalue weighted by Crippen LogP contribution is 2.39. The van der Waals surface area contributed by atoms with Gasteiger partial charge in [0.1, 0.15) is 29.9 Å². The number of benzene rings is 2. The first kappa shape index (κ1) is 24.6. The molecule has 0 aliphatic heterocycles. The summed E-state index contributed by atoms with van der Waals surface area (Å²) in [5, 5.41) is 22.0. The van der Waals surface area contributed by atoms with Crippen molar-refractivity contribution in [1.29, 1.82) is 5.26 Å². The molecule has 0 saturated carbocycles. The summed E-state index contributed by atoms with van der Waals surface area (Å²) < 4.78 is 93.4. The van der Waals surface area contributed by atoms with Gasteiger partial charge >= 0.3 is 12.4 Å². The summed E-state index contributed by atoms with van der Waals surface area (Å²) >= 11 is 0. The minimum atomic E-state index is -4.89. The Kier molecular flexibility index (Phi) is 6.32. The molecule has 0 bridgehead atoms. The molecule has 0 unspecified atom stereocenters. The number of aromatic nitrogens is 5. The molecule has 0 radical (unpaired) electrons. The standard InChI is InChI=1S/C22H14F6N6O2/c1-34-20(36-14-5-3-2-4-6-14)16(19(32-34)22(26,27)28)11-35-15-8-12(7-13(9-15)21(23,24)25)18-17(10-29)30-33-31-18/h2-9H,11H2,1H3,(H,30,31,33). The Balaban J connectivity index is 1.74. The molecule has 0 aliphatic carbocycles. The molecule has 0 amide bonds. The first-order valence-electron chi connectivity index (χ1n) is 9.99. The summed E-state index contributed by atoms with van der Waals surface area (Å²) in [6.45, 7) is -0.824. The predicted molar refractivity (Wildman–Crippen MR) is 111 cm³/mol. The minimum absolute atomic E-state index is 0.173. The van der Waals surface area contributed by atoms with E-state index < -0.39 is 41.5 Å². The molecule has 2 aromatic carbocycles. The van der Waals surface area contributed by atoms with Crippen molar-refractivity contribution in [2.75, 3.05) is 0 Å². The molecule has 14 heteroatoms. The molecular weight excluding hydrogens is 494 g/mol. The van der Waals surface area contributed by atoms with Crippen LogP contribution in [0.15, 0.2) is 48.5 Å². The fourth-order valence-electron chi connectivity index (χ4n) is 3.29. The van der Waals surface area contributed by atoms with Crippen molar-refractivity contribution in [2.24, 2.45) is 7.05 Å². The monoisotopic (exact) mass is 508 g/mol. The van der Waals surface area contributed by atoms with Crippen molar-refractivity contribution in [3.63, 3.8) is 0 Å². The van der Waals surface area contributed by atoms with Crippen molar-refractivity contribution >= 4 is 0 Å². The second kappa shape index (κ2) is 9.25. The number of hydrogen-bond acceptors (Lipinski definition) is 6. The van der Waals surface area contributed by atoms with Gasteiger partial charge in [-0.15, -0.1) is 5.10 Å². The van der Waals surface area contributed by atoms with Gasteiger partial charge in [0.05, 0.1) is 11.1 Å². The smallest absolute Gasteiger partial charge is 0.435 e. The molecule has 0 atom stereocenters. The van der Waals surface area contributed by atoms with Crippen LogP contribution in [0.1, 0.15) is 22.5 Å². The third kappa shape index (κ3) is 5.09. The summed E-state index contributed by atoms with van der Waals surface area (Å²) in [6.07, 6.45) is -9.71. The fraction of sp³-hybridized carbons (Fsp3) is 0.182. The lowest BCUT2D eigenvalue weighted by Gasteiger charge is -2.14. The number of halogens is 6. The van der Waals surface area contributed by atoms with Gasteiger partial charge in [0, 0.05) is 12.6 Å². The summed E-state index contributed by atoms with van der Waals surface area (Å²) in [4.78, 5) is 0. The average Bonchev–Trinajstić information content (AvgIpc) is 3.42. The van der Waals surface area contributed by atoms with Crippen molar-refractivity contribution in [3.05, 3.63) is 71.0 Å². The quantitative estimate of drug-likeness (QED) is 0.346. The predicted octanol–water partition coefficient (Wildman–Crippen LogP) is 5.49. The van der Waals surface area contributed by atoms with E-state index in [9.17, 15) is 26.3 Å². The molecule has 4 rings (SSSR count). The molecule has 0 saturated heterocycles. The summed E-state index contributed by atoms with van der Waals surface area (Å²) in [6, 6.07) is 12.1. The van der Waals surface area contributed by atoms with Gasteiger partial charge in [-0.2, -0.15) is 47.0 Å². The van der Waals surface area contributed by atoms with E-state index in [1.807, 2.05) is 0 Å². The maximum atomic E-state index is 13.7. The fourth-order valence-corrected chi connectivity index (χ4v) is 3.29. The first-order chi connectivity index (χ1) is 17.0. The maximum Gasteiger partial charge on any atom is 0.435 e. The van der Waals surface area contributed by atoms with E-state index in [0.717, 1.165) is 16.8 Å². The number of alkyl halides is 6. The van der Waals surface area contributed by atoms with Gasteiger partial charge in [0.25, 0.3) is 0 Å². The average molecular weight is 508 g/mol. The van der Waals surface area contributed by atoms with E-state index in [1.54, 1.807) is 24.3 Å². The van der Waals surface area contributed by atoms with Crippen LogP contribution in [0.2, 0.25) is 0 Å². The second-order valence-electron chi connectivity index (χ2n) is 7.33. The lowest BCUT2D eigenvalue weighted by molar-refractivity contribution is -0.142. The van der Waals surface area contributed by atoms with Crippen LogP contribution in [0.3, 0.4) is 0 Å². The van der Waals surface area contributed by atoms with Crippen molar-refractivity contribution in [2.45, 2.75) is 19.0 Å². The Labute approximate surface area is 198 Å². The van der Waals surface area contributed by atoms with Gasteiger partial charge in [-0.25, -0.2) is 4.68 Å². The molecule has 2 heterocycles. The van der Waals surface area contributed by atoms with Gasteiger partial charge in [-0.05, 0) is 30.3 Å². The molecule has 1 N–H and O–H groups in total. The van der Waals surface area contributed by atoms with E-state index >= 15 is 0 Å². The Morgan fingerprint density at radius 1 is 0.972 bits per heavy atom.